The molecule has 1 rings (SSSR count). The fourth-order valence-corrected chi connectivity index (χ4v) is 1.89. The van der Waals surface area contributed by atoms with Crippen LogP contribution in [-0.2, 0) is 4.74 Å². The maximum atomic E-state index is 11.7. The summed E-state index contributed by atoms with van der Waals surface area (Å²) in [6, 6.07) is 0.0894. The second kappa shape index (κ2) is 7.78. The summed E-state index contributed by atoms with van der Waals surface area (Å²) >= 11 is 2.09. The zero-order valence-electron chi connectivity index (χ0n) is 11.7. The first-order valence-corrected chi connectivity index (χ1v) is 9.43. The fraction of sp³-hybridized carbons (Fsp3) is 0.538. The summed E-state index contributed by atoms with van der Waals surface area (Å²) in [5, 5.41) is 2.84. The highest BCUT2D eigenvalue weighted by atomic mass is 127. The lowest BCUT2D eigenvalue weighted by Gasteiger charge is -2.37. The second-order valence-corrected chi connectivity index (χ2v) is 6.92. The minimum Gasteiger partial charge on any atom is -0.444 e. The minimum atomic E-state index is -0.465. The van der Waals surface area contributed by atoms with Crippen LogP contribution in [0.1, 0.15) is 20.8 Å². The SMILES string of the molecule is CC(C)(C)OC(=O)N1CC(N=C/C(C#CSI)=C\N)C1. The Kier molecular flexibility index (Phi) is 6.68. The van der Waals surface area contributed by atoms with Crippen molar-refractivity contribution in [2.75, 3.05) is 13.1 Å². The predicted molar refractivity (Wildman–Crippen MR) is 91.7 cm³/mol. The molecule has 0 bridgehead atoms. The van der Waals surface area contributed by atoms with Gasteiger partial charge in [-0.05, 0) is 35.0 Å². The van der Waals surface area contributed by atoms with E-state index in [1.54, 1.807) is 11.1 Å². The average Bonchev–Trinajstić information content (AvgIpc) is 2.28. The molecule has 20 heavy (non-hydrogen) atoms. The zero-order valence-corrected chi connectivity index (χ0v) is 14.7. The Bertz CT molecular complexity index is 468. The third kappa shape index (κ3) is 6.05. The molecule has 1 heterocycles. The number of hydrogen-bond donors (Lipinski definition) is 1. The van der Waals surface area contributed by atoms with Gasteiger partial charge in [-0.1, -0.05) is 5.92 Å². The third-order valence-corrected chi connectivity index (χ3v) is 3.19. The van der Waals surface area contributed by atoms with Crippen LogP contribution in [0.15, 0.2) is 16.8 Å². The van der Waals surface area contributed by atoms with Crippen molar-refractivity contribution in [3.8, 4) is 11.2 Å². The molecule has 1 aliphatic rings. The molecular formula is C13H18IN3O2S. The topological polar surface area (TPSA) is 67.9 Å². The van der Waals surface area contributed by atoms with Gasteiger partial charge in [0.25, 0.3) is 0 Å². The molecule has 0 radical (unpaired) electrons. The van der Waals surface area contributed by atoms with Crippen LogP contribution in [0.2, 0.25) is 0 Å². The Morgan fingerprint density at radius 3 is 2.70 bits per heavy atom. The van der Waals surface area contributed by atoms with Crippen molar-refractivity contribution in [2.24, 2.45) is 10.7 Å². The number of nitrogens with two attached hydrogens (primary N) is 1. The molecule has 0 aliphatic carbocycles. The maximum absolute atomic E-state index is 11.7. The fourth-order valence-electron chi connectivity index (χ4n) is 1.41. The van der Waals surface area contributed by atoms with Gasteiger partial charge in [0, 0.05) is 46.7 Å². The molecule has 1 saturated heterocycles. The first kappa shape index (κ1) is 17.2. The number of amides is 1. The minimum absolute atomic E-state index is 0.0894. The zero-order chi connectivity index (χ0) is 15.2. The van der Waals surface area contributed by atoms with Gasteiger partial charge in [-0.3, -0.25) is 4.99 Å². The van der Waals surface area contributed by atoms with Gasteiger partial charge < -0.3 is 15.4 Å². The summed E-state index contributed by atoms with van der Waals surface area (Å²) in [5.41, 5.74) is 5.66. The smallest absolute Gasteiger partial charge is 0.410 e. The Hall–Kier alpha value is -0.880. The molecule has 0 spiro atoms. The van der Waals surface area contributed by atoms with Crippen LogP contribution < -0.4 is 5.73 Å². The van der Waals surface area contributed by atoms with Crippen LogP contribution in [0.5, 0.6) is 0 Å². The highest BCUT2D eigenvalue weighted by molar-refractivity contribution is 14.2. The van der Waals surface area contributed by atoms with E-state index in [9.17, 15) is 4.79 Å². The van der Waals surface area contributed by atoms with Crippen LogP contribution in [0.25, 0.3) is 0 Å². The summed E-state index contributed by atoms with van der Waals surface area (Å²) in [5.74, 6) is 2.87. The number of halogens is 1. The van der Waals surface area contributed by atoms with E-state index in [4.69, 9.17) is 10.5 Å². The molecule has 0 aromatic rings. The van der Waals surface area contributed by atoms with Gasteiger partial charge >= 0.3 is 6.09 Å². The van der Waals surface area contributed by atoms with Crippen molar-refractivity contribution in [3.63, 3.8) is 0 Å². The largest absolute Gasteiger partial charge is 0.444 e. The number of aliphatic imine (C=N–C) groups is 1. The number of rotatable bonds is 2. The molecule has 1 aliphatic heterocycles. The summed E-state index contributed by atoms with van der Waals surface area (Å²) in [4.78, 5) is 17.7. The molecule has 0 aromatic heterocycles. The van der Waals surface area contributed by atoms with Gasteiger partial charge in [0.1, 0.15) is 5.60 Å². The van der Waals surface area contributed by atoms with Crippen LogP contribution in [0.4, 0.5) is 4.79 Å². The van der Waals surface area contributed by atoms with Gasteiger partial charge in [-0.15, -0.1) is 0 Å². The van der Waals surface area contributed by atoms with E-state index in [2.05, 4.69) is 37.4 Å². The van der Waals surface area contributed by atoms with Gasteiger partial charge in [-0.25, -0.2) is 4.79 Å². The number of carbonyl (C=O) groups is 1. The maximum Gasteiger partial charge on any atom is 0.410 e. The van der Waals surface area contributed by atoms with Crippen LogP contribution >= 0.6 is 30.1 Å². The first-order valence-electron chi connectivity index (χ1n) is 6.07. The molecule has 0 saturated carbocycles. The average molecular weight is 407 g/mol. The van der Waals surface area contributed by atoms with Gasteiger partial charge in [0.15, 0.2) is 0 Å². The quantitative estimate of drug-likeness (QED) is 0.434. The Morgan fingerprint density at radius 2 is 2.20 bits per heavy atom. The number of allylic oxidation sites excluding steroid dienone is 1. The van der Waals surface area contributed by atoms with Gasteiger partial charge in [-0.2, -0.15) is 0 Å². The van der Waals surface area contributed by atoms with E-state index in [0.29, 0.717) is 18.7 Å². The van der Waals surface area contributed by atoms with Crippen LogP contribution in [0, 0.1) is 11.2 Å². The van der Waals surface area contributed by atoms with Crippen molar-refractivity contribution in [1.82, 2.24) is 4.90 Å². The Labute approximate surface area is 136 Å². The van der Waals surface area contributed by atoms with Gasteiger partial charge in [0.05, 0.1) is 11.6 Å². The van der Waals surface area contributed by atoms with E-state index in [1.807, 2.05) is 20.8 Å². The molecule has 1 amide bonds. The van der Waals surface area contributed by atoms with Crippen LogP contribution in [-0.4, -0.2) is 41.9 Å². The highest BCUT2D eigenvalue weighted by Crippen LogP contribution is 2.17. The number of ether oxygens (including phenoxy) is 1. The molecule has 110 valence electrons. The van der Waals surface area contributed by atoms with E-state index in [1.165, 1.54) is 15.1 Å². The molecule has 7 heteroatoms. The van der Waals surface area contributed by atoms with Crippen molar-refractivity contribution in [3.05, 3.63) is 11.8 Å². The third-order valence-electron chi connectivity index (χ3n) is 2.35. The highest BCUT2D eigenvalue weighted by Gasteiger charge is 2.33. The first-order chi connectivity index (χ1) is 9.35. The molecule has 5 nitrogen and oxygen atoms in total. The number of carbonyl (C=O) groups excluding carboxylic acids is 1. The monoisotopic (exact) mass is 407 g/mol. The number of nitrogens with zero attached hydrogens (tertiary/aromatic N) is 2. The summed E-state index contributed by atoms with van der Waals surface area (Å²) < 4.78 is 5.27. The van der Waals surface area contributed by atoms with Crippen LogP contribution in [0.3, 0.4) is 0 Å². The lowest BCUT2D eigenvalue weighted by molar-refractivity contribution is 0.00911. The second-order valence-electron chi connectivity index (χ2n) is 5.24. The van der Waals surface area contributed by atoms with E-state index in [0.717, 1.165) is 0 Å². The number of likely N-dealkylation sites (tertiary alicyclic amines) is 1. The molecule has 0 unspecified atom stereocenters. The normalized spacial score (nSPS) is 16.6. The number of hydrogen-bond acceptors (Lipinski definition) is 5. The van der Waals surface area contributed by atoms with E-state index >= 15 is 0 Å². The standard InChI is InChI=1S/C13H18IN3O2S/c1-13(2,3)19-12(18)17-8-11(9-17)16-7-10(6-15)4-5-20-14/h6-7,11H,8-9,15H2,1-3H3/b10-6-,16-7?. The van der Waals surface area contributed by atoms with E-state index in [-0.39, 0.29) is 12.1 Å². The summed E-state index contributed by atoms with van der Waals surface area (Å²) in [6.07, 6.45) is 2.78. The predicted octanol–water partition coefficient (Wildman–Crippen LogP) is 2.56. The van der Waals surface area contributed by atoms with Crippen molar-refractivity contribution in [1.29, 1.82) is 0 Å². The molecule has 1 fully saturated rings. The Morgan fingerprint density at radius 1 is 1.55 bits per heavy atom. The van der Waals surface area contributed by atoms with Crippen molar-refractivity contribution >= 4 is 42.4 Å². The molecule has 0 atom stereocenters. The van der Waals surface area contributed by atoms with E-state index < -0.39 is 5.60 Å². The van der Waals surface area contributed by atoms with Crippen molar-refractivity contribution < 1.29 is 9.53 Å². The molecular weight excluding hydrogens is 389 g/mol. The lowest BCUT2D eigenvalue weighted by Crippen LogP contribution is -2.54. The molecule has 2 N–H and O–H groups in total. The van der Waals surface area contributed by atoms with Crippen molar-refractivity contribution in [2.45, 2.75) is 32.4 Å². The molecule has 0 aromatic carbocycles. The Balaban J connectivity index is 2.40. The lowest BCUT2D eigenvalue weighted by atomic mass is 10.1. The summed E-state index contributed by atoms with van der Waals surface area (Å²) in [7, 11) is 1.39. The summed E-state index contributed by atoms with van der Waals surface area (Å²) in [6.45, 7) is 6.68. The van der Waals surface area contributed by atoms with Gasteiger partial charge in [0.2, 0.25) is 0 Å².